The third kappa shape index (κ3) is 3.29. The number of nitrogens with zero attached hydrogens (tertiary/aromatic N) is 2. The molecule has 1 saturated heterocycles. The van der Waals surface area contributed by atoms with Crippen LogP contribution in [0.25, 0.3) is 0 Å². The molecule has 4 rings (SSSR count). The summed E-state index contributed by atoms with van der Waals surface area (Å²) in [5.74, 6) is -0.554. The number of fused-ring (bicyclic) bond motifs is 3. The molecule has 3 amide bonds. The van der Waals surface area contributed by atoms with Gasteiger partial charge in [-0.2, -0.15) is 0 Å². The van der Waals surface area contributed by atoms with Gasteiger partial charge < -0.3 is 15.5 Å². The first kappa shape index (κ1) is 18.9. The molecule has 9 heteroatoms. The quantitative estimate of drug-likeness (QED) is 0.782. The lowest BCUT2D eigenvalue weighted by Crippen LogP contribution is -2.52. The number of benzene rings is 1. The molecule has 28 heavy (non-hydrogen) atoms. The normalized spacial score (nSPS) is 21.9. The summed E-state index contributed by atoms with van der Waals surface area (Å²) >= 11 is 2.96. The zero-order valence-corrected chi connectivity index (χ0v) is 17.1. The summed E-state index contributed by atoms with van der Waals surface area (Å²) in [5.41, 5.74) is 1.62. The summed E-state index contributed by atoms with van der Waals surface area (Å²) in [5, 5.41) is 7.67. The van der Waals surface area contributed by atoms with Gasteiger partial charge >= 0.3 is 0 Å². The Balaban J connectivity index is 1.41. The average molecular weight is 417 g/mol. The smallest absolute Gasteiger partial charge is 0.256 e. The fourth-order valence-electron chi connectivity index (χ4n) is 3.67. The van der Waals surface area contributed by atoms with Crippen LogP contribution in [0.2, 0.25) is 0 Å². The van der Waals surface area contributed by atoms with Crippen LogP contribution in [0.1, 0.15) is 41.6 Å². The number of thiazole rings is 1. The minimum absolute atomic E-state index is 0.111. The van der Waals surface area contributed by atoms with Crippen LogP contribution in [-0.4, -0.2) is 44.9 Å². The highest BCUT2D eigenvalue weighted by Gasteiger charge is 2.57. The van der Waals surface area contributed by atoms with Gasteiger partial charge in [-0.05, 0) is 25.5 Å². The van der Waals surface area contributed by atoms with Gasteiger partial charge in [0.25, 0.3) is 5.91 Å². The molecule has 0 unspecified atom stereocenters. The standard InChI is InChI=1S/C19H20N4O3S2/c1-19(2)14(15(25)20-8-7-13(24)22-18-21-9-10-27-18)23-16(26)11-5-3-4-6-12(11)17(23)28-19/h3-6,9-10,14,17H,7-8H2,1-2H3,(H,20,25)(H,21,22,24)/t14-,17-/m1/s1. The Bertz CT molecular complexity index is 929. The highest BCUT2D eigenvalue weighted by molar-refractivity contribution is 8.01. The van der Waals surface area contributed by atoms with Gasteiger partial charge in [0.1, 0.15) is 11.4 Å². The zero-order valence-electron chi connectivity index (χ0n) is 15.5. The van der Waals surface area contributed by atoms with Crippen molar-refractivity contribution in [1.29, 1.82) is 0 Å². The lowest BCUT2D eigenvalue weighted by Gasteiger charge is -2.29. The van der Waals surface area contributed by atoms with E-state index in [1.165, 1.54) is 11.3 Å². The Morgan fingerprint density at radius 2 is 2.07 bits per heavy atom. The molecule has 0 bridgehead atoms. The number of rotatable bonds is 5. The maximum Gasteiger partial charge on any atom is 0.256 e. The molecule has 1 aromatic carbocycles. The molecule has 0 radical (unpaired) electrons. The van der Waals surface area contributed by atoms with Crippen molar-refractivity contribution in [3.63, 3.8) is 0 Å². The van der Waals surface area contributed by atoms with E-state index in [9.17, 15) is 14.4 Å². The molecule has 0 spiro atoms. The molecule has 146 valence electrons. The molecule has 2 atom stereocenters. The van der Waals surface area contributed by atoms with Crippen LogP contribution in [-0.2, 0) is 9.59 Å². The molecule has 0 aliphatic carbocycles. The van der Waals surface area contributed by atoms with Gasteiger partial charge in [-0.1, -0.05) is 18.2 Å². The molecular formula is C19H20N4O3S2. The largest absolute Gasteiger partial charge is 0.354 e. The average Bonchev–Trinajstić information content (AvgIpc) is 3.31. The fraction of sp³-hybridized carbons (Fsp3) is 0.368. The van der Waals surface area contributed by atoms with E-state index in [-0.39, 0.29) is 36.1 Å². The highest BCUT2D eigenvalue weighted by Crippen LogP contribution is 2.56. The van der Waals surface area contributed by atoms with Crippen LogP contribution in [0.15, 0.2) is 35.8 Å². The van der Waals surface area contributed by atoms with E-state index in [1.807, 2.05) is 38.1 Å². The number of thioether (sulfide) groups is 1. The summed E-state index contributed by atoms with van der Waals surface area (Å²) in [4.78, 5) is 43.5. The van der Waals surface area contributed by atoms with Crippen molar-refractivity contribution in [3.05, 3.63) is 47.0 Å². The maximum atomic E-state index is 12.9. The second-order valence-electron chi connectivity index (χ2n) is 7.20. The fourth-order valence-corrected chi connectivity index (χ4v) is 5.80. The predicted octanol–water partition coefficient (Wildman–Crippen LogP) is 2.64. The Hall–Kier alpha value is -2.39. The molecule has 2 N–H and O–H groups in total. The van der Waals surface area contributed by atoms with Crippen molar-refractivity contribution in [2.45, 2.75) is 36.4 Å². The van der Waals surface area contributed by atoms with Crippen LogP contribution >= 0.6 is 23.1 Å². The van der Waals surface area contributed by atoms with Crippen molar-refractivity contribution in [2.24, 2.45) is 0 Å². The van der Waals surface area contributed by atoms with Gasteiger partial charge in [0.2, 0.25) is 11.8 Å². The van der Waals surface area contributed by atoms with E-state index in [1.54, 1.807) is 28.2 Å². The van der Waals surface area contributed by atoms with E-state index < -0.39 is 10.8 Å². The third-order valence-corrected chi connectivity index (χ3v) is 7.10. The Labute approximate surface area is 170 Å². The van der Waals surface area contributed by atoms with Crippen molar-refractivity contribution >= 4 is 46.0 Å². The molecule has 1 aromatic heterocycles. The topological polar surface area (TPSA) is 91.4 Å². The molecule has 2 aliphatic rings. The molecule has 7 nitrogen and oxygen atoms in total. The molecule has 2 aliphatic heterocycles. The number of carbonyl (C=O) groups is 3. The van der Waals surface area contributed by atoms with Crippen LogP contribution in [0.3, 0.4) is 0 Å². The molecule has 2 aromatic rings. The van der Waals surface area contributed by atoms with Crippen molar-refractivity contribution in [3.8, 4) is 0 Å². The summed E-state index contributed by atoms with van der Waals surface area (Å²) in [6.45, 7) is 4.16. The predicted molar refractivity (Wildman–Crippen MR) is 109 cm³/mol. The second kappa shape index (κ2) is 7.21. The minimum Gasteiger partial charge on any atom is -0.354 e. The summed E-state index contributed by atoms with van der Waals surface area (Å²) in [6.07, 6.45) is 1.76. The molecule has 3 heterocycles. The Kier molecular flexibility index (Phi) is 4.88. The third-order valence-electron chi connectivity index (χ3n) is 4.87. The highest BCUT2D eigenvalue weighted by atomic mass is 32.2. The van der Waals surface area contributed by atoms with E-state index in [2.05, 4.69) is 15.6 Å². The van der Waals surface area contributed by atoms with Gasteiger partial charge in [-0.25, -0.2) is 4.98 Å². The van der Waals surface area contributed by atoms with E-state index in [4.69, 9.17) is 0 Å². The molecule has 0 saturated carbocycles. The maximum absolute atomic E-state index is 12.9. The van der Waals surface area contributed by atoms with Crippen LogP contribution in [0.4, 0.5) is 5.13 Å². The lowest BCUT2D eigenvalue weighted by molar-refractivity contribution is -0.126. The summed E-state index contributed by atoms with van der Waals surface area (Å²) in [6, 6.07) is 6.91. The number of carbonyl (C=O) groups excluding carboxylic acids is 3. The minimum atomic E-state index is -0.593. The second-order valence-corrected chi connectivity index (χ2v) is 9.83. The first-order valence-corrected chi connectivity index (χ1v) is 10.7. The number of nitrogens with one attached hydrogen (secondary N) is 2. The summed E-state index contributed by atoms with van der Waals surface area (Å²) < 4.78 is -0.429. The number of aromatic nitrogens is 1. The van der Waals surface area contributed by atoms with E-state index in [0.717, 1.165) is 5.56 Å². The van der Waals surface area contributed by atoms with Crippen LogP contribution in [0, 0.1) is 0 Å². The van der Waals surface area contributed by atoms with Crippen molar-refractivity contribution in [2.75, 3.05) is 11.9 Å². The molecular weight excluding hydrogens is 396 g/mol. The first-order chi connectivity index (χ1) is 13.4. The van der Waals surface area contributed by atoms with Crippen LogP contribution in [0.5, 0.6) is 0 Å². The Morgan fingerprint density at radius 3 is 2.82 bits per heavy atom. The number of hydrogen-bond donors (Lipinski definition) is 2. The van der Waals surface area contributed by atoms with Gasteiger partial charge in [-0.3, -0.25) is 14.4 Å². The monoisotopic (exact) mass is 416 g/mol. The lowest BCUT2D eigenvalue weighted by atomic mass is 10.0. The van der Waals surface area contributed by atoms with Gasteiger partial charge in [0.05, 0.1) is 0 Å². The number of anilines is 1. The van der Waals surface area contributed by atoms with E-state index >= 15 is 0 Å². The van der Waals surface area contributed by atoms with Gasteiger partial charge in [0, 0.05) is 34.9 Å². The summed E-state index contributed by atoms with van der Waals surface area (Å²) in [7, 11) is 0. The Morgan fingerprint density at radius 1 is 1.29 bits per heavy atom. The number of amides is 3. The molecule has 1 fully saturated rings. The first-order valence-electron chi connectivity index (χ1n) is 8.95. The SMILES string of the molecule is CC1(C)S[C@@H]2c3ccccc3C(=O)N2[C@@H]1C(=O)NCCC(=O)Nc1nccs1. The zero-order chi connectivity index (χ0) is 19.9. The van der Waals surface area contributed by atoms with E-state index in [0.29, 0.717) is 10.7 Å². The van der Waals surface area contributed by atoms with Crippen molar-refractivity contribution in [1.82, 2.24) is 15.2 Å². The van der Waals surface area contributed by atoms with Crippen LogP contribution < -0.4 is 10.6 Å². The van der Waals surface area contributed by atoms with Gasteiger partial charge in [-0.15, -0.1) is 23.1 Å². The number of hydrogen-bond acceptors (Lipinski definition) is 6. The van der Waals surface area contributed by atoms with Crippen molar-refractivity contribution < 1.29 is 14.4 Å². The van der Waals surface area contributed by atoms with Gasteiger partial charge in [0.15, 0.2) is 5.13 Å².